The number of alkyl halides is 2. The van der Waals surface area contributed by atoms with Crippen LogP contribution in [0.1, 0.15) is 119 Å². The summed E-state index contributed by atoms with van der Waals surface area (Å²) < 4.78 is 6.28. The zero-order valence-corrected chi connectivity index (χ0v) is 29.7. The highest BCUT2D eigenvalue weighted by molar-refractivity contribution is 8.47. The molecule has 0 aromatic heterocycles. The molecule has 0 amide bonds. The molecule has 0 fully saturated rings. The van der Waals surface area contributed by atoms with Crippen molar-refractivity contribution in [2.24, 2.45) is 0 Å². The maximum atomic E-state index is 10.9. The van der Waals surface area contributed by atoms with Crippen LogP contribution in [0.2, 0.25) is 0 Å². The van der Waals surface area contributed by atoms with Crippen molar-refractivity contribution in [2.75, 3.05) is 5.75 Å². The Kier molecular flexibility index (Phi) is 22.6. The van der Waals surface area contributed by atoms with Gasteiger partial charge in [0.2, 0.25) is 0 Å². The number of benzene rings is 2. The maximum Gasteiger partial charge on any atom is 0.293 e. The number of thioether (sulfide) groups is 2. The zero-order chi connectivity index (χ0) is 31.1. The standard InChI is InChI=1S/C26H41ClO2S3.C9H9Cl/c1-4-5-6-7-8-9-10-11-12-13-18-31-25(30)32-24(19-26(2,3)29-21-28)23-16-14-22(20-27)15-17-23;1-2-8-3-5-9(7-10)6-4-8/h14-17,21,24H,4-13,18-20H2,1-3H3;2-6H,1,7H2. The number of rotatable bonds is 20. The van der Waals surface area contributed by atoms with Crippen LogP contribution in [0.3, 0.4) is 0 Å². The van der Waals surface area contributed by atoms with Crippen molar-refractivity contribution >= 4 is 75.0 Å². The lowest BCUT2D eigenvalue weighted by Gasteiger charge is -2.28. The van der Waals surface area contributed by atoms with E-state index in [1.54, 1.807) is 23.5 Å². The average molecular weight is 670 g/mol. The molecule has 234 valence electrons. The minimum Gasteiger partial charge on any atom is -0.462 e. The van der Waals surface area contributed by atoms with E-state index in [9.17, 15) is 4.79 Å². The van der Waals surface area contributed by atoms with Gasteiger partial charge in [-0.3, -0.25) is 4.79 Å². The summed E-state index contributed by atoms with van der Waals surface area (Å²) in [4.78, 5) is 10.9. The summed E-state index contributed by atoms with van der Waals surface area (Å²) in [5, 5.41) is 0.141. The number of thiocarbonyl (C=S) groups is 1. The van der Waals surface area contributed by atoms with E-state index in [1.807, 2.05) is 44.2 Å². The van der Waals surface area contributed by atoms with Crippen LogP contribution in [0.15, 0.2) is 55.1 Å². The third-order valence-electron chi connectivity index (χ3n) is 6.88. The van der Waals surface area contributed by atoms with E-state index in [0.717, 1.165) is 26.0 Å². The van der Waals surface area contributed by atoms with Crippen LogP contribution < -0.4 is 0 Å². The SMILES string of the molecule is C=Cc1ccc(CCl)cc1.CCCCCCCCCCCCSC(=S)SC(CC(C)(C)OC=O)c1ccc(CCl)cc1. The molecule has 0 aliphatic rings. The molecule has 2 nitrogen and oxygen atoms in total. The molecule has 0 saturated heterocycles. The molecule has 0 saturated carbocycles. The Balaban J connectivity index is 0.000000738. The van der Waals surface area contributed by atoms with E-state index >= 15 is 0 Å². The van der Waals surface area contributed by atoms with Crippen molar-refractivity contribution in [3.63, 3.8) is 0 Å². The van der Waals surface area contributed by atoms with Gasteiger partial charge in [-0.2, -0.15) is 0 Å². The van der Waals surface area contributed by atoms with Gasteiger partial charge in [0.25, 0.3) is 6.47 Å². The van der Waals surface area contributed by atoms with Crippen molar-refractivity contribution in [1.29, 1.82) is 0 Å². The third kappa shape index (κ3) is 18.6. The molecule has 1 atom stereocenters. The number of hydrogen-bond acceptors (Lipinski definition) is 5. The molecule has 42 heavy (non-hydrogen) atoms. The third-order valence-corrected chi connectivity index (χ3v) is 10.4. The summed E-state index contributed by atoms with van der Waals surface area (Å²) in [6.07, 6.45) is 16.0. The van der Waals surface area contributed by atoms with Crippen molar-refractivity contribution in [3.05, 3.63) is 77.4 Å². The second-order valence-electron chi connectivity index (χ2n) is 11.0. The van der Waals surface area contributed by atoms with Gasteiger partial charge in [-0.1, -0.05) is 150 Å². The fourth-order valence-electron chi connectivity index (χ4n) is 4.31. The molecule has 1 unspecified atom stereocenters. The quantitative estimate of drug-likeness (QED) is 0.0605. The molecule has 0 heterocycles. The molecule has 0 radical (unpaired) electrons. The molecule has 0 spiro atoms. The normalized spacial score (nSPS) is 11.7. The van der Waals surface area contributed by atoms with E-state index in [0.29, 0.717) is 24.7 Å². The van der Waals surface area contributed by atoms with Crippen molar-refractivity contribution in [2.45, 2.75) is 114 Å². The molecule has 2 rings (SSSR count). The van der Waals surface area contributed by atoms with E-state index in [1.165, 1.54) is 69.8 Å². The molecule has 0 bridgehead atoms. The van der Waals surface area contributed by atoms with Gasteiger partial charge in [0.05, 0.1) is 0 Å². The van der Waals surface area contributed by atoms with Gasteiger partial charge in [-0.25, -0.2) is 0 Å². The Morgan fingerprint density at radius 2 is 1.38 bits per heavy atom. The molecule has 2 aromatic carbocycles. The zero-order valence-electron chi connectivity index (χ0n) is 25.8. The smallest absolute Gasteiger partial charge is 0.293 e. The Morgan fingerprint density at radius 3 is 1.86 bits per heavy atom. The Morgan fingerprint density at radius 1 is 0.881 bits per heavy atom. The molecule has 0 aliphatic carbocycles. The number of unbranched alkanes of at least 4 members (excludes halogenated alkanes) is 9. The lowest BCUT2D eigenvalue weighted by molar-refractivity contribution is -0.140. The number of carbonyl (C=O) groups excluding carboxylic acids is 1. The monoisotopic (exact) mass is 668 g/mol. The van der Waals surface area contributed by atoms with E-state index in [4.69, 9.17) is 40.2 Å². The number of carbonyl (C=O) groups is 1. The first-order valence-electron chi connectivity index (χ1n) is 15.2. The summed E-state index contributed by atoms with van der Waals surface area (Å²) in [6, 6.07) is 16.4. The lowest BCUT2D eigenvalue weighted by Crippen LogP contribution is -2.26. The Hall–Kier alpha value is -0.980. The van der Waals surface area contributed by atoms with Crippen LogP contribution in [0.25, 0.3) is 6.08 Å². The van der Waals surface area contributed by atoms with Gasteiger partial charge >= 0.3 is 0 Å². The summed E-state index contributed by atoms with van der Waals surface area (Å²) in [5.74, 6) is 2.16. The fourth-order valence-corrected chi connectivity index (χ4v) is 7.66. The van der Waals surface area contributed by atoms with Crippen LogP contribution in [0.4, 0.5) is 0 Å². The summed E-state index contributed by atoms with van der Waals surface area (Å²) in [5.41, 5.74) is 4.02. The minimum atomic E-state index is -0.540. The predicted octanol–water partition coefficient (Wildman–Crippen LogP) is 12.5. The number of hydrogen-bond donors (Lipinski definition) is 0. The summed E-state index contributed by atoms with van der Waals surface area (Å²) >= 11 is 20.7. The van der Waals surface area contributed by atoms with Crippen LogP contribution in [0.5, 0.6) is 0 Å². The number of ether oxygens (including phenoxy) is 1. The second-order valence-corrected chi connectivity index (χ2v) is 15.1. The van der Waals surface area contributed by atoms with Crippen LogP contribution in [-0.4, -0.2) is 21.4 Å². The highest BCUT2D eigenvalue weighted by Gasteiger charge is 2.27. The number of halogens is 2. The molecule has 0 aliphatic heterocycles. The highest BCUT2D eigenvalue weighted by Crippen LogP contribution is 2.40. The van der Waals surface area contributed by atoms with Crippen molar-refractivity contribution < 1.29 is 9.53 Å². The molecule has 2 aromatic rings. The van der Waals surface area contributed by atoms with Crippen LogP contribution in [0, 0.1) is 0 Å². The van der Waals surface area contributed by atoms with E-state index in [-0.39, 0.29) is 5.25 Å². The van der Waals surface area contributed by atoms with Gasteiger partial charge in [-0.15, -0.1) is 35.0 Å². The summed E-state index contributed by atoms with van der Waals surface area (Å²) in [6.45, 7) is 10.4. The highest BCUT2D eigenvalue weighted by atomic mass is 35.5. The minimum absolute atomic E-state index is 0.141. The molecule has 7 heteroatoms. The van der Waals surface area contributed by atoms with E-state index in [2.05, 4.69) is 37.8 Å². The van der Waals surface area contributed by atoms with Gasteiger partial charge in [0.1, 0.15) is 9.13 Å². The average Bonchev–Trinajstić information content (AvgIpc) is 2.99. The van der Waals surface area contributed by atoms with Crippen molar-refractivity contribution in [3.8, 4) is 0 Å². The first-order valence-corrected chi connectivity index (χ1v) is 18.5. The van der Waals surface area contributed by atoms with E-state index < -0.39 is 5.60 Å². The van der Waals surface area contributed by atoms with Crippen molar-refractivity contribution in [1.82, 2.24) is 0 Å². The lowest BCUT2D eigenvalue weighted by atomic mass is 9.97. The summed E-state index contributed by atoms with van der Waals surface area (Å²) in [7, 11) is 0. The molecular weight excluding hydrogens is 619 g/mol. The topological polar surface area (TPSA) is 26.3 Å². The second kappa shape index (κ2) is 24.4. The van der Waals surface area contributed by atoms with Gasteiger partial charge < -0.3 is 4.74 Å². The molecular formula is C35H50Cl2O2S3. The Labute approximate surface area is 280 Å². The first-order chi connectivity index (χ1) is 20.3. The van der Waals surface area contributed by atoms with Gasteiger partial charge in [0.15, 0.2) is 0 Å². The molecule has 0 N–H and O–H groups in total. The van der Waals surface area contributed by atoms with Crippen LogP contribution >= 0.6 is 58.9 Å². The van der Waals surface area contributed by atoms with Gasteiger partial charge in [0, 0.05) is 23.4 Å². The fraction of sp³-hybridized carbons (Fsp3) is 0.543. The Bertz CT molecular complexity index is 994. The largest absolute Gasteiger partial charge is 0.462 e. The first kappa shape index (κ1) is 39.0. The van der Waals surface area contributed by atoms with Crippen LogP contribution in [-0.2, 0) is 21.3 Å². The maximum absolute atomic E-state index is 10.9. The predicted molar refractivity (Wildman–Crippen MR) is 195 cm³/mol. The van der Waals surface area contributed by atoms with Gasteiger partial charge in [-0.05, 0) is 48.3 Å².